The Morgan fingerprint density at radius 2 is 2.07 bits per heavy atom. The summed E-state index contributed by atoms with van der Waals surface area (Å²) in [6.45, 7) is 6.05. The van der Waals surface area contributed by atoms with Crippen molar-refractivity contribution >= 4 is 10.9 Å². The van der Waals surface area contributed by atoms with Gasteiger partial charge in [-0.05, 0) is 38.5 Å². The lowest BCUT2D eigenvalue weighted by Crippen LogP contribution is -2.23. The van der Waals surface area contributed by atoms with Crippen molar-refractivity contribution < 1.29 is 13.9 Å². The molecule has 0 aliphatic heterocycles. The van der Waals surface area contributed by atoms with E-state index in [1.54, 1.807) is 19.5 Å². The van der Waals surface area contributed by atoms with Gasteiger partial charge in [0.25, 0.3) is 0 Å². The number of aromatic nitrogens is 4. The van der Waals surface area contributed by atoms with Crippen LogP contribution in [0.1, 0.15) is 30.7 Å². The Balaban J connectivity index is 1.76. The van der Waals surface area contributed by atoms with Crippen LogP contribution in [-0.2, 0) is 17.7 Å². The lowest BCUT2D eigenvalue weighted by atomic mass is 10.2. The molecule has 3 aromatic rings. The number of rotatable bonds is 8. The average molecular weight is 372 g/mol. The summed E-state index contributed by atoms with van der Waals surface area (Å²) in [7, 11) is 1.68. The van der Waals surface area contributed by atoms with Gasteiger partial charge in [0.15, 0.2) is 0 Å². The third-order valence-corrected chi connectivity index (χ3v) is 4.09. The Labute approximate surface area is 158 Å². The molecule has 3 heterocycles. The van der Waals surface area contributed by atoms with E-state index in [1.807, 2.05) is 29.9 Å². The van der Waals surface area contributed by atoms with Crippen LogP contribution in [0.4, 0.5) is 4.39 Å². The molecule has 27 heavy (non-hydrogen) atoms. The first kappa shape index (κ1) is 19.2. The number of nitrogens with zero attached hydrogens (tertiary/aromatic N) is 4. The van der Waals surface area contributed by atoms with Crippen LogP contribution in [0.2, 0.25) is 0 Å². The molecule has 0 spiro atoms. The Morgan fingerprint density at radius 3 is 2.78 bits per heavy atom. The molecule has 3 aromatic heterocycles. The maximum Gasteiger partial charge on any atom is 0.216 e. The van der Waals surface area contributed by atoms with Gasteiger partial charge in [-0.15, -0.1) is 0 Å². The minimum absolute atomic E-state index is 0.0258. The molecule has 144 valence electrons. The number of pyridine rings is 2. The zero-order valence-corrected chi connectivity index (χ0v) is 16.2. The second kappa shape index (κ2) is 8.00. The maximum absolute atomic E-state index is 13.6. The second-order valence-corrected chi connectivity index (χ2v) is 7.23. The predicted molar refractivity (Wildman–Crippen MR) is 102 cm³/mol. The number of ether oxygens (including phenoxy) is 2. The van der Waals surface area contributed by atoms with Crippen molar-refractivity contribution in [2.45, 2.75) is 39.4 Å². The van der Waals surface area contributed by atoms with E-state index in [-0.39, 0.29) is 6.61 Å². The van der Waals surface area contributed by atoms with E-state index in [2.05, 4.69) is 15.1 Å². The SMILES string of the molecule is COCCc1nccc2nn(Cc3cnc(OCC(C)(C)F)c(C)c3)cc12. The molecular formula is C20H25FN4O2. The van der Waals surface area contributed by atoms with Crippen molar-refractivity contribution in [3.05, 3.63) is 47.5 Å². The Morgan fingerprint density at radius 1 is 1.26 bits per heavy atom. The van der Waals surface area contributed by atoms with Crippen molar-refractivity contribution in [2.75, 3.05) is 20.3 Å². The number of hydrogen-bond acceptors (Lipinski definition) is 5. The Kier molecular flexibility index (Phi) is 5.70. The number of alkyl halides is 1. The summed E-state index contributed by atoms with van der Waals surface area (Å²) in [6, 6.07) is 3.89. The summed E-state index contributed by atoms with van der Waals surface area (Å²) in [6.07, 6.45) is 6.26. The average Bonchev–Trinajstić information content (AvgIpc) is 3.01. The van der Waals surface area contributed by atoms with Crippen LogP contribution in [0.25, 0.3) is 10.9 Å². The van der Waals surface area contributed by atoms with Gasteiger partial charge < -0.3 is 9.47 Å². The van der Waals surface area contributed by atoms with Gasteiger partial charge in [0.05, 0.1) is 24.4 Å². The number of aryl methyl sites for hydroxylation is 1. The normalized spacial score (nSPS) is 11.9. The lowest BCUT2D eigenvalue weighted by molar-refractivity contribution is 0.117. The molecule has 7 heteroatoms. The zero-order valence-electron chi connectivity index (χ0n) is 16.2. The smallest absolute Gasteiger partial charge is 0.216 e. The molecule has 0 fully saturated rings. The molecule has 0 amide bonds. The molecule has 0 atom stereocenters. The van der Waals surface area contributed by atoms with Gasteiger partial charge in [0.1, 0.15) is 12.3 Å². The molecule has 0 unspecified atom stereocenters. The van der Waals surface area contributed by atoms with E-state index >= 15 is 0 Å². The van der Waals surface area contributed by atoms with E-state index in [0.717, 1.165) is 34.1 Å². The molecule has 0 saturated heterocycles. The number of fused-ring (bicyclic) bond motifs is 1. The Hall–Kier alpha value is -2.54. The largest absolute Gasteiger partial charge is 0.474 e. The molecule has 0 aromatic carbocycles. The summed E-state index contributed by atoms with van der Waals surface area (Å²) in [5.74, 6) is 0.459. The van der Waals surface area contributed by atoms with Crippen molar-refractivity contribution in [1.29, 1.82) is 0 Å². The first-order chi connectivity index (χ1) is 12.9. The van der Waals surface area contributed by atoms with Gasteiger partial charge in [-0.3, -0.25) is 9.67 Å². The minimum Gasteiger partial charge on any atom is -0.474 e. The highest BCUT2D eigenvalue weighted by atomic mass is 19.1. The van der Waals surface area contributed by atoms with Crippen LogP contribution >= 0.6 is 0 Å². The monoisotopic (exact) mass is 372 g/mol. The molecule has 6 nitrogen and oxygen atoms in total. The zero-order chi connectivity index (χ0) is 19.4. The van der Waals surface area contributed by atoms with Crippen LogP contribution in [0.5, 0.6) is 5.88 Å². The quantitative estimate of drug-likeness (QED) is 0.606. The van der Waals surface area contributed by atoms with Crippen LogP contribution in [0.3, 0.4) is 0 Å². The first-order valence-corrected chi connectivity index (χ1v) is 8.93. The van der Waals surface area contributed by atoms with Crippen molar-refractivity contribution in [1.82, 2.24) is 19.7 Å². The number of halogens is 1. The standard InChI is InChI=1S/C20H25FN4O2/c1-14-9-15(10-23-19(14)27-13-20(2,3)21)11-25-12-16-17(6-8-26-4)22-7-5-18(16)24-25/h5,7,9-10,12H,6,8,11,13H2,1-4H3. The third-order valence-electron chi connectivity index (χ3n) is 4.09. The highest BCUT2D eigenvalue weighted by molar-refractivity contribution is 5.80. The molecule has 0 N–H and O–H groups in total. The minimum atomic E-state index is -1.39. The summed E-state index contributed by atoms with van der Waals surface area (Å²) < 4.78 is 26.1. The van der Waals surface area contributed by atoms with Crippen LogP contribution in [0.15, 0.2) is 30.7 Å². The van der Waals surface area contributed by atoms with Gasteiger partial charge in [0, 0.05) is 43.1 Å². The third kappa shape index (κ3) is 5.01. The van der Waals surface area contributed by atoms with Crippen molar-refractivity contribution in [2.24, 2.45) is 0 Å². The van der Waals surface area contributed by atoms with Gasteiger partial charge in [-0.2, -0.15) is 5.10 Å². The fourth-order valence-electron chi connectivity index (χ4n) is 2.81. The van der Waals surface area contributed by atoms with Crippen molar-refractivity contribution in [3.8, 4) is 5.88 Å². The van der Waals surface area contributed by atoms with E-state index < -0.39 is 5.67 Å². The van der Waals surface area contributed by atoms with Gasteiger partial charge >= 0.3 is 0 Å². The molecular weight excluding hydrogens is 347 g/mol. The topological polar surface area (TPSA) is 62.1 Å². The lowest BCUT2D eigenvalue weighted by Gasteiger charge is -2.16. The van der Waals surface area contributed by atoms with Gasteiger partial charge in [-0.25, -0.2) is 9.37 Å². The molecule has 0 bridgehead atoms. The second-order valence-electron chi connectivity index (χ2n) is 7.23. The molecule has 0 saturated carbocycles. The molecule has 3 rings (SSSR count). The van der Waals surface area contributed by atoms with E-state index in [1.165, 1.54) is 13.8 Å². The van der Waals surface area contributed by atoms with Crippen LogP contribution in [-0.4, -0.2) is 45.7 Å². The number of methoxy groups -OCH3 is 1. The van der Waals surface area contributed by atoms with E-state index in [4.69, 9.17) is 9.47 Å². The van der Waals surface area contributed by atoms with Crippen LogP contribution in [0, 0.1) is 6.92 Å². The highest BCUT2D eigenvalue weighted by Crippen LogP contribution is 2.20. The summed E-state index contributed by atoms with van der Waals surface area (Å²) in [5.41, 5.74) is 2.36. The molecule has 0 aliphatic rings. The molecule has 0 radical (unpaired) electrons. The summed E-state index contributed by atoms with van der Waals surface area (Å²) in [5, 5.41) is 5.66. The van der Waals surface area contributed by atoms with Gasteiger partial charge in [0.2, 0.25) is 5.88 Å². The van der Waals surface area contributed by atoms with Crippen molar-refractivity contribution in [3.63, 3.8) is 0 Å². The summed E-state index contributed by atoms with van der Waals surface area (Å²) in [4.78, 5) is 8.77. The maximum atomic E-state index is 13.6. The van der Waals surface area contributed by atoms with E-state index in [0.29, 0.717) is 19.0 Å². The predicted octanol–water partition coefficient (Wildman–Crippen LogP) is 3.50. The van der Waals surface area contributed by atoms with Crippen LogP contribution < -0.4 is 4.74 Å². The van der Waals surface area contributed by atoms with Gasteiger partial charge in [-0.1, -0.05) is 0 Å². The van der Waals surface area contributed by atoms with E-state index in [9.17, 15) is 4.39 Å². The Bertz CT molecular complexity index is 918. The highest BCUT2D eigenvalue weighted by Gasteiger charge is 2.17. The fraction of sp³-hybridized carbons (Fsp3) is 0.450. The first-order valence-electron chi connectivity index (χ1n) is 8.93. The molecule has 0 aliphatic carbocycles. The number of hydrogen-bond donors (Lipinski definition) is 0. The summed E-state index contributed by atoms with van der Waals surface area (Å²) >= 11 is 0. The fourth-order valence-corrected chi connectivity index (χ4v) is 2.81.